The van der Waals surface area contributed by atoms with E-state index in [1.807, 2.05) is 0 Å². The van der Waals surface area contributed by atoms with Crippen LogP contribution in [0.1, 0.15) is 20.3 Å². The fraction of sp³-hybridized carbons (Fsp3) is 0.700. The van der Waals surface area contributed by atoms with E-state index in [1.54, 1.807) is 0 Å². The highest BCUT2D eigenvalue weighted by Crippen LogP contribution is 2.15. The van der Waals surface area contributed by atoms with Crippen LogP contribution in [0.5, 0.6) is 0 Å². The van der Waals surface area contributed by atoms with Gasteiger partial charge in [-0.25, -0.2) is 0 Å². The molecule has 0 spiro atoms. The van der Waals surface area contributed by atoms with Gasteiger partial charge in [0.05, 0.1) is 6.10 Å². The quantitative estimate of drug-likeness (QED) is 0.627. The van der Waals surface area contributed by atoms with E-state index in [0.29, 0.717) is 0 Å². The van der Waals surface area contributed by atoms with Crippen LogP contribution in [0.25, 0.3) is 0 Å². The Labute approximate surface area is 92.8 Å². The van der Waals surface area contributed by atoms with Crippen molar-refractivity contribution in [1.29, 1.82) is 0 Å². The Kier molecular flexibility index (Phi) is 4.42. The summed E-state index contributed by atoms with van der Waals surface area (Å²) in [5.74, 6) is -1.19. The van der Waals surface area contributed by atoms with Gasteiger partial charge in [-0.3, -0.25) is 14.4 Å². The number of carbonyl (C=O) groups is 3. The molecule has 0 aromatic carbocycles. The summed E-state index contributed by atoms with van der Waals surface area (Å²) in [4.78, 5) is 32.6. The number of hydrogen-bond donors (Lipinski definition) is 0. The lowest BCUT2D eigenvalue weighted by atomic mass is 10.1. The standard InChI is InChI=1S/C10H14O6/c1-6(11)14-4-8-3-10(16-7(2)12)9(13)5-15-8/h8,10H,3-5H2,1-2H3/t8-,10-/m0/s1. The molecule has 0 N–H and O–H groups in total. The minimum atomic E-state index is -0.785. The molecule has 0 amide bonds. The molecule has 1 aliphatic rings. The highest BCUT2D eigenvalue weighted by Gasteiger charge is 2.32. The number of rotatable bonds is 3. The maximum absolute atomic E-state index is 11.3. The molecule has 0 aliphatic carbocycles. The summed E-state index contributed by atoms with van der Waals surface area (Å²) in [6, 6.07) is 0. The van der Waals surface area contributed by atoms with Crippen LogP contribution in [0.2, 0.25) is 0 Å². The van der Waals surface area contributed by atoms with Gasteiger partial charge < -0.3 is 14.2 Å². The molecule has 0 bridgehead atoms. The van der Waals surface area contributed by atoms with Crippen molar-refractivity contribution in [3.63, 3.8) is 0 Å². The lowest BCUT2D eigenvalue weighted by Crippen LogP contribution is -2.42. The van der Waals surface area contributed by atoms with Crippen molar-refractivity contribution in [2.45, 2.75) is 32.5 Å². The topological polar surface area (TPSA) is 78.9 Å². The molecule has 1 heterocycles. The Morgan fingerprint density at radius 3 is 2.62 bits per heavy atom. The molecule has 0 aromatic rings. The smallest absolute Gasteiger partial charge is 0.303 e. The molecule has 0 radical (unpaired) electrons. The number of hydrogen-bond acceptors (Lipinski definition) is 6. The molecular weight excluding hydrogens is 216 g/mol. The van der Waals surface area contributed by atoms with Crippen molar-refractivity contribution < 1.29 is 28.6 Å². The van der Waals surface area contributed by atoms with Gasteiger partial charge in [0.25, 0.3) is 0 Å². The summed E-state index contributed by atoms with van der Waals surface area (Å²) in [5.41, 5.74) is 0. The monoisotopic (exact) mass is 230 g/mol. The second kappa shape index (κ2) is 5.60. The molecule has 1 aliphatic heterocycles. The molecule has 1 saturated heterocycles. The van der Waals surface area contributed by atoms with Crippen LogP contribution in [0.3, 0.4) is 0 Å². The van der Waals surface area contributed by atoms with E-state index in [1.165, 1.54) is 13.8 Å². The molecule has 0 saturated carbocycles. The summed E-state index contributed by atoms with van der Waals surface area (Å²) >= 11 is 0. The van der Waals surface area contributed by atoms with Crippen molar-refractivity contribution >= 4 is 17.7 Å². The molecule has 90 valence electrons. The number of esters is 2. The van der Waals surface area contributed by atoms with Gasteiger partial charge in [0, 0.05) is 20.3 Å². The van der Waals surface area contributed by atoms with E-state index in [4.69, 9.17) is 14.2 Å². The Hall–Kier alpha value is -1.43. The number of Topliss-reactive ketones (excluding diaryl/α,β-unsaturated/α-hetero) is 1. The van der Waals surface area contributed by atoms with Crippen molar-refractivity contribution in [2.24, 2.45) is 0 Å². The van der Waals surface area contributed by atoms with Crippen molar-refractivity contribution in [2.75, 3.05) is 13.2 Å². The maximum atomic E-state index is 11.3. The van der Waals surface area contributed by atoms with Gasteiger partial charge in [0.15, 0.2) is 11.9 Å². The summed E-state index contributed by atoms with van der Waals surface area (Å²) in [6.45, 7) is 2.48. The van der Waals surface area contributed by atoms with Gasteiger partial charge in [-0.2, -0.15) is 0 Å². The van der Waals surface area contributed by atoms with Gasteiger partial charge in [-0.05, 0) is 0 Å². The maximum Gasteiger partial charge on any atom is 0.303 e. The molecule has 0 unspecified atom stereocenters. The van der Waals surface area contributed by atoms with Gasteiger partial charge in [0.1, 0.15) is 13.2 Å². The first-order valence-electron chi connectivity index (χ1n) is 4.94. The zero-order valence-corrected chi connectivity index (χ0v) is 9.23. The lowest BCUT2D eigenvalue weighted by molar-refractivity contribution is -0.168. The highest BCUT2D eigenvalue weighted by atomic mass is 16.6. The van der Waals surface area contributed by atoms with Crippen molar-refractivity contribution in [3.05, 3.63) is 0 Å². The van der Waals surface area contributed by atoms with Crippen LogP contribution in [-0.4, -0.2) is 43.1 Å². The number of ether oxygens (including phenoxy) is 3. The van der Waals surface area contributed by atoms with Crippen LogP contribution in [0.4, 0.5) is 0 Å². The first kappa shape index (κ1) is 12.6. The zero-order chi connectivity index (χ0) is 12.1. The average molecular weight is 230 g/mol. The van der Waals surface area contributed by atoms with Crippen LogP contribution in [-0.2, 0) is 28.6 Å². The van der Waals surface area contributed by atoms with Crippen LogP contribution in [0, 0.1) is 0 Å². The van der Waals surface area contributed by atoms with Crippen molar-refractivity contribution in [3.8, 4) is 0 Å². The zero-order valence-electron chi connectivity index (χ0n) is 9.23. The number of carbonyl (C=O) groups excluding carboxylic acids is 3. The van der Waals surface area contributed by atoms with E-state index in [9.17, 15) is 14.4 Å². The molecular formula is C10H14O6. The molecule has 2 atom stereocenters. The molecule has 6 heteroatoms. The number of ketones is 1. The Balaban J connectivity index is 2.43. The Morgan fingerprint density at radius 1 is 1.38 bits per heavy atom. The lowest BCUT2D eigenvalue weighted by Gasteiger charge is -2.27. The minimum absolute atomic E-state index is 0.0698. The van der Waals surface area contributed by atoms with Crippen molar-refractivity contribution in [1.82, 2.24) is 0 Å². The van der Waals surface area contributed by atoms with E-state index < -0.39 is 24.1 Å². The third-order valence-electron chi connectivity index (χ3n) is 2.08. The first-order chi connectivity index (χ1) is 7.49. The van der Waals surface area contributed by atoms with E-state index in [0.717, 1.165) is 0 Å². The summed E-state index contributed by atoms with van der Waals surface area (Å²) in [5, 5.41) is 0. The predicted octanol–water partition coefficient (Wildman–Crippen LogP) is -0.161. The second-order valence-electron chi connectivity index (χ2n) is 3.54. The molecule has 0 aromatic heterocycles. The summed E-state index contributed by atoms with van der Waals surface area (Å²) in [7, 11) is 0. The minimum Gasteiger partial charge on any atom is -0.463 e. The SMILES string of the molecule is CC(=O)OC[C@@H]1C[C@H](OC(C)=O)C(=O)CO1. The molecule has 1 fully saturated rings. The summed E-state index contributed by atoms with van der Waals surface area (Å²) in [6.07, 6.45) is -0.955. The van der Waals surface area contributed by atoms with Gasteiger partial charge in [-0.15, -0.1) is 0 Å². The van der Waals surface area contributed by atoms with Gasteiger partial charge >= 0.3 is 11.9 Å². The van der Waals surface area contributed by atoms with E-state index in [-0.39, 0.29) is 25.4 Å². The fourth-order valence-corrected chi connectivity index (χ4v) is 1.37. The van der Waals surface area contributed by atoms with Crippen LogP contribution < -0.4 is 0 Å². The predicted molar refractivity (Wildman–Crippen MR) is 51.6 cm³/mol. The fourth-order valence-electron chi connectivity index (χ4n) is 1.37. The van der Waals surface area contributed by atoms with Gasteiger partial charge in [0.2, 0.25) is 0 Å². The Morgan fingerprint density at radius 2 is 2.06 bits per heavy atom. The second-order valence-corrected chi connectivity index (χ2v) is 3.54. The third kappa shape index (κ3) is 3.98. The normalized spacial score (nSPS) is 25.0. The molecule has 1 rings (SSSR count). The van der Waals surface area contributed by atoms with Crippen LogP contribution in [0.15, 0.2) is 0 Å². The largest absolute Gasteiger partial charge is 0.463 e. The highest BCUT2D eigenvalue weighted by molar-refractivity contribution is 5.86. The molecule has 16 heavy (non-hydrogen) atoms. The third-order valence-corrected chi connectivity index (χ3v) is 2.08. The Bertz CT molecular complexity index is 298. The van der Waals surface area contributed by atoms with E-state index >= 15 is 0 Å². The van der Waals surface area contributed by atoms with E-state index in [2.05, 4.69) is 0 Å². The summed E-state index contributed by atoms with van der Waals surface area (Å²) < 4.78 is 14.7. The van der Waals surface area contributed by atoms with Crippen LogP contribution >= 0.6 is 0 Å². The average Bonchev–Trinajstić information content (AvgIpc) is 2.18. The molecule has 6 nitrogen and oxygen atoms in total. The van der Waals surface area contributed by atoms with Gasteiger partial charge in [-0.1, -0.05) is 0 Å². The first-order valence-corrected chi connectivity index (χ1v) is 4.94.